The van der Waals surface area contributed by atoms with E-state index in [1.165, 1.54) is 0 Å². The normalized spacial score (nSPS) is 8.50. The van der Waals surface area contributed by atoms with Crippen molar-refractivity contribution in [3.05, 3.63) is 29.3 Å². The summed E-state index contributed by atoms with van der Waals surface area (Å²) in [6, 6.07) is 6.84. The molecule has 0 spiro atoms. The van der Waals surface area contributed by atoms with Crippen molar-refractivity contribution >= 4 is 11.7 Å². The molecule has 0 saturated carbocycles. The molecule has 0 fully saturated rings. The van der Waals surface area contributed by atoms with Crippen molar-refractivity contribution in [3.63, 3.8) is 0 Å². The predicted molar refractivity (Wildman–Crippen MR) is 59.1 cm³/mol. The van der Waals surface area contributed by atoms with Crippen LogP contribution in [0.4, 0.5) is 5.69 Å². The third kappa shape index (κ3) is 2.76. The van der Waals surface area contributed by atoms with Crippen molar-refractivity contribution in [3.8, 4) is 17.9 Å². The first-order valence-corrected chi connectivity index (χ1v) is 4.66. The van der Waals surface area contributed by atoms with Gasteiger partial charge >= 0.3 is 5.97 Å². The van der Waals surface area contributed by atoms with Crippen molar-refractivity contribution < 1.29 is 9.53 Å². The Morgan fingerprint density at radius 3 is 2.94 bits per heavy atom. The van der Waals surface area contributed by atoms with Gasteiger partial charge in [-0.25, -0.2) is 4.79 Å². The van der Waals surface area contributed by atoms with Gasteiger partial charge in [-0.1, -0.05) is 12.0 Å². The smallest absolute Gasteiger partial charge is 0.384 e. The van der Waals surface area contributed by atoms with Crippen LogP contribution in [0, 0.1) is 23.2 Å². The number of benzene rings is 1. The average molecular weight is 214 g/mol. The van der Waals surface area contributed by atoms with Crippen LogP contribution >= 0.6 is 0 Å². The number of nitrogen functional groups attached to an aromatic ring is 1. The Labute approximate surface area is 93.6 Å². The molecule has 0 bridgehead atoms. The third-order valence-electron chi connectivity index (χ3n) is 1.78. The maximum absolute atomic E-state index is 11.0. The molecule has 0 aliphatic heterocycles. The predicted octanol–water partition coefficient (Wildman–Crippen LogP) is 1.06. The van der Waals surface area contributed by atoms with Gasteiger partial charge in [-0.05, 0) is 19.1 Å². The zero-order valence-corrected chi connectivity index (χ0v) is 8.78. The van der Waals surface area contributed by atoms with Crippen LogP contribution in [-0.2, 0) is 9.53 Å². The molecule has 0 amide bonds. The standard InChI is InChI=1S/C12H10N2O2/c1-2-16-12(15)7-6-9-4-3-5-11(14)10(9)8-13/h3-5H,2,14H2,1H3. The summed E-state index contributed by atoms with van der Waals surface area (Å²) in [7, 11) is 0. The lowest BCUT2D eigenvalue weighted by atomic mass is 10.1. The Bertz CT molecular complexity index is 504. The van der Waals surface area contributed by atoms with Crippen LogP contribution in [0.15, 0.2) is 18.2 Å². The van der Waals surface area contributed by atoms with Gasteiger partial charge in [-0.3, -0.25) is 0 Å². The van der Waals surface area contributed by atoms with Gasteiger partial charge in [0.15, 0.2) is 0 Å². The van der Waals surface area contributed by atoms with Gasteiger partial charge in [0.1, 0.15) is 6.07 Å². The number of carbonyl (C=O) groups excluding carboxylic acids is 1. The summed E-state index contributed by atoms with van der Waals surface area (Å²) < 4.78 is 4.64. The molecule has 0 heterocycles. The summed E-state index contributed by atoms with van der Waals surface area (Å²) in [4.78, 5) is 11.0. The van der Waals surface area contributed by atoms with E-state index in [0.717, 1.165) is 0 Å². The summed E-state index contributed by atoms with van der Waals surface area (Å²) in [6.07, 6.45) is 0. The number of carbonyl (C=O) groups is 1. The number of ether oxygens (including phenoxy) is 1. The number of hydrogen-bond donors (Lipinski definition) is 1. The highest BCUT2D eigenvalue weighted by Crippen LogP contribution is 2.14. The van der Waals surface area contributed by atoms with E-state index in [1.54, 1.807) is 25.1 Å². The molecular weight excluding hydrogens is 204 g/mol. The highest BCUT2D eigenvalue weighted by Gasteiger charge is 2.02. The van der Waals surface area contributed by atoms with E-state index >= 15 is 0 Å². The molecule has 4 nitrogen and oxygen atoms in total. The number of hydrogen-bond acceptors (Lipinski definition) is 4. The maximum atomic E-state index is 11.0. The number of esters is 1. The quantitative estimate of drug-likeness (QED) is 0.430. The minimum Gasteiger partial charge on any atom is -0.456 e. The Kier molecular flexibility index (Phi) is 3.94. The number of anilines is 1. The van der Waals surface area contributed by atoms with E-state index in [4.69, 9.17) is 11.0 Å². The molecule has 0 saturated heterocycles. The van der Waals surface area contributed by atoms with Crippen molar-refractivity contribution in [2.75, 3.05) is 12.3 Å². The lowest BCUT2D eigenvalue weighted by molar-refractivity contribution is -0.136. The van der Waals surface area contributed by atoms with E-state index in [2.05, 4.69) is 16.6 Å². The van der Waals surface area contributed by atoms with Gasteiger partial charge < -0.3 is 10.5 Å². The highest BCUT2D eigenvalue weighted by atomic mass is 16.5. The number of rotatable bonds is 1. The fraction of sp³-hybridized carbons (Fsp3) is 0.167. The Morgan fingerprint density at radius 1 is 1.56 bits per heavy atom. The number of nitriles is 1. The first kappa shape index (κ1) is 11.6. The molecule has 1 rings (SSSR count). The topological polar surface area (TPSA) is 76.1 Å². The van der Waals surface area contributed by atoms with Crippen molar-refractivity contribution in [1.82, 2.24) is 0 Å². The van der Waals surface area contributed by atoms with Gasteiger partial charge in [0.2, 0.25) is 0 Å². The zero-order chi connectivity index (χ0) is 12.0. The van der Waals surface area contributed by atoms with E-state index in [1.807, 2.05) is 6.07 Å². The van der Waals surface area contributed by atoms with Crippen molar-refractivity contribution in [2.45, 2.75) is 6.92 Å². The maximum Gasteiger partial charge on any atom is 0.384 e. The summed E-state index contributed by atoms with van der Waals surface area (Å²) >= 11 is 0. The zero-order valence-electron chi connectivity index (χ0n) is 8.78. The summed E-state index contributed by atoms with van der Waals surface area (Å²) in [6.45, 7) is 1.97. The summed E-state index contributed by atoms with van der Waals surface area (Å²) in [5, 5.41) is 8.85. The highest BCUT2D eigenvalue weighted by molar-refractivity contribution is 5.89. The fourth-order valence-corrected chi connectivity index (χ4v) is 1.08. The van der Waals surface area contributed by atoms with E-state index in [0.29, 0.717) is 11.3 Å². The summed E-state index contributed by atoms with van der Waals surface area (Å²) in [5.74, 6) is 4.23. The molecule has 80 valence electrons. The third-order valence-corrected chi connectivity index (χ3v) is 1.78. The molecular formula is C12H10N2O2. The molecule has 4 heteroatoms. The molecule has 0 radical (unpaired) electrons. The van der Waals surface area contributed by atoms with E-state index < -0.39 is 5.97 Å². The number of nitrogens with two attached hydrogens (primary N) is 1. The minimum absolute atomic E-state index is 0.273. The minimum atomic E-state index is -0.617. The van der Waals surface area contributed by atoms with E-state index in [-0.39, 0.29) is 12.2 Å². The van der Waals surface area contributed by atoms with Crippen LogP contribution in [-0.4, -0.2) is 12.6 Å². The Balaban J connectivity index is 3.03. The second kappa shape index (κ2) is 5.43. The molecule has 1 aromatic rings. The van der Waals surface area contributed by atoms with Crippen LogP contribution in [0.5, 0.6) is 0 Å². The molecule has 0 aliphatic rings. The molecule has 16 heavy (non-hydrogen) atoms. The SMILES string of the molecule is CCOC(=O)C#Cc1cccc(N)c1C#N. The van der Waals surface area contributed by atoms with Crippen LogP contribution in [0.2, 0.25) is 0 Å². The van der Waals surface area contributed by atoms with Gasteiger partial charge in [0.05, 0.1) is 17.9 Å². The largest absolute Gasteiger partial charge is 0.456 e. The molecule has 0 unspecified atom stereocenters. The fourth-order valence-electron chi connectivity index (χ4n) is 1.08. The second-order valence-corrected chi connectivity index (χ2v) is 2.85. The average Bonchev–Trinajstić information content (AvgIpc) is 2.27. The first-order chi connectivity index (χ1) is 7.69. The molecule has 0 aromatic heterocycles. The molecule has 0 aliphatic carbocycles. The molecule has 0 atom stereocenters. The molecule has 1 aromatic carbocycles. The van der Waals surface area contributed by atoms with Gasteiger partial charge in [0.25, 0.3) is 0 Å². The van der Waals surface area contributed by atoms with E-state index in [9.17, 15) is 4.79 Å². The lowest BCUT2D eigenvalue weighted by Gasteiger charge is -1.98. The number of nitrogens with zero attached hydrogens (tertiary/aromatic N) is 1. The molecule has 2 N–H and O–H groups in total. The first-order valence-electron chi connectivity index (χ1n) is 4.66. The van der Waals surface area contributed by atoms with Gasteiger partial charge in [-0.15, -0.1) is 0 Å². The van der Waals surface area contributed by atoms with Crippen LogP contribution in [0.1, 0.15) is 18.1 Å². The monoisotopic (exact) mass is 214 g/mol. The Hall–Kier alpha value is -2.46. The van der Waals surface area contributed by atoms with Crippen LogP contribution < -0.4 is 5.73 Å². The van der Waals surface area contributed by atoms with Crippen molar-refractivity contribution in [2.24, 2.45) is 0 Å². The van der Waals surface area contributed by atoms with Crippen molar-refractivity contribution in [1.29, 1.82) is 5.26 Å². The second-order valence-electron chi connectivity index (χ2n) is 2.85. The lowest BCUT2D eigenvalue weighted by Crippen LogP contribution is -2.00. The van der Waals surface area contributed by atoms with Gasteiger partial charge in [-0.2, -0.15) is 5.26 Å². The van der Waals surface area contributed by atoms with Crippen LogP contribution in [0.25, 0.3) is 0 Å². The summed E-state index contributed by atoms with van der Waals surface area (Å²) in [5.41, 5.74) is 6.64. The Morgan fingerprint density at radius 2 is 2.31 bits per heavy atom. The van der Waals surface area contributed by atoms with Crippen LogP contribution in [0.3, 0.4) is 0 Å². The van der Waals surface area contributed by atoms with Gasteiger partial charge in [0, 0.05) is 11.5 Å².